The van der Waals surface area contributed by atoms with Gasteiger partial charge in [-0.05, 0) is 19.9 Å². The van der Waals surface area contributed by atoms with Crippen molar-refractivity contribution in [3.8, 4) is 0 Å². The second-order valence-corrected chi connectivity index (χ2v) is 4.39. The first-order valence-electron chi connectivity index (χ1n) is 4.98. The van der Waals surface area contributed by atoms with E-state index >= 15 is 0 Å². The van der Waals surface area contributed by atoms with Crippen LogP contribution in [-0.4, -0.2) is 48.6 Å². The van der Waals surface area contributed by atoms with Gasteiger partial charge >= 0.3 is 6.03 Å². The van der Waals surface area contributed by atoms with Crippen molar-refractivity contribution in [1.29, 1.82) is 0 Å². The number of amides is 2. The number of hydrogen-bond donors (Lipinski definition) is 3. The summed E-state index contributed by atoms with van der Waals surface area (Å²) in [6.07, 6.45) is 1.54. The van der Waals surface area contributed by atoms with Crippen LogP contribution in [0.1, 0.15) is 12.8 Å². The lowest BCUT2D eigenvalue weighted by molar-refractivity contribution is 0.195. The number of piperidine rings is 1. The van der Waals surface area contributed by atoms with E-state index < -0.39 is 5.54 Å². The first-order chi connectivity index (χ1) is 7.00. The number of urea groups is 1. The van der Waals surface area contributed by atoms with Gasteiger partial charge in [0.25, 0.3) is 0 Å². The van der Waals surface area contributed by atoms with E-state index in [1.165, 1.54) is 0 Å². The summed E-state index contributed by atoms with van der Waals surface area (Å²) < 4.78 is 0. The lowest BCUT2D eigenvalue weighted by Crippen LogP contribution is -2.62. The molecule has 0 atom stereocenters. The van der Waals surface area contributed by atoms with Crippen LogP contribution in [0.3, 0.4) is 0 Å². The molecule has 2 amide bonds. The highest BCUT2D eigenvalue weighted by molar-refractivity contribution is 7.80. The molecule has 0 spiro atoms. The van der Waals surface area contributed by atoms with Crippen LogP contribution in [0, 0.1) is 0 Å². The summed E-state index contributed by atoms with van der Waals surface area (Å²) >= 11 is 5.05. The number of likely N-dealkylation sites (tertiary alicyclic amines) is 1. The SMILES string of the molecule is CNC(=O)NC1(C(N)=S)CCN(C)CC1. The molecule has 15 heavy (non-hydrogen) atoms. The van der Waals surface area contributed by atoms with Crippen LogP contribution < -0.4 is 16.4 Å². The van der Waals surface area contributed by atoms with Crippen molar-refractivity contribution in [3.05, 3.63) is 0 Å². The minimum Gasteiger partial charge on any atom is -0.391 e. The Kier molecular flexibility index (Phi) is 3.87. The van der Waals surface area contributed by atoms with Gasteiger partial charge in [0.1, 0.15) is 0 Å². The summed E-state index contributed by atoms with van der Waals surface area (Å²) in [5, 5.41) is 5.38. The lowest BCUT2D eigenvalue weighted by atomic mass is 9.87. The highest BCUT2D eigenvalue weighted by Crippen LogP contribution is 2.21. The van der Waals surface area contributed by atoms with Gasteiger partial charge in [0.2, 0.25) is 0 Å². The third-order valence-corrected chi connectivity index (χ3v) is 3.28. The summed E-state index contributed by atoms with van der Waals surface area (Å²) in [6, 6.07) is -0.229. The minimum atomic E-state index is -0.512. The Morgan fingerprint density at radius 1 is 1.47 bits per heavy atom. The Balaban J connectivity index is 2.71. The molecule has 0 radical (unpaired) electrons. The van der Waals surface area contributed by atoms with Gasteiger partial charge in [-0.15, -0.1) is 0 Å². The van der Waals surface area contributed by atoms with Gasteiger partial charge in [-0.1, -0.05) is 12.2 Å². The molecule has 0 bridgehead atoms. The number of hydrogen-bond acceptors (Lipinski definition) is 3. The number of carbonyl (C=O) groups is 1. The van der Waals surface area contributed by atoms with Crippen molar-refractivity contribution in [1.82, 2.24) is 15.5 Å². The van der Waals surface area contributed by atoms with Crippen molar-refractivity contribution in [2.45, 2.75) is 18.4 Å². The fourth-order valence-corrected chi connectivity index (χ4v) is 1.97. The van der Waals surface area contributed by atoms with Crippen LogP contribution in [-0.2, 0) is 0 Å². The largest absolute Gasteiger partial charge is 0.391 e. The van der Waals surface area contributed by atoms with E-state index in [4.69, 9.17) is 18.0 Å². The normalized spacial score (nSPS) is 20.7. The fourth-order valence-electron chi connectivity index (χ4n) is 1.71. The van der Waals surface area contributed by atoms with E-state index in [9.17, 15) is 4.79 Å². The molecular formula is C9H18N4OS. The Hall–Kier alpha value is -0.880. The molecule has 0 aromatic rings. The molecule has 1 saturated heterocycles. The van der Waals surface area contributed by atoms with Gasteiger partial charge in [-0.3, -0.25) is 0 Å². The van der Waals surface area contributed by atoms with Crippen LogP contribution in [0.15, 0.2) is 0 Å². The summed E-state index contributed by atoms with van der Waals surface area (Å²) in [5.74, 6) is 0. The smallest absolute Gasteiger partial charge is 0.315 e. The molecule has 6 heteroatoms. The summed E-state index contributed by atoms with van der Waals surface area (Å²) in [6.45, 7) is 1.78. The Morgan fingerprint density at radius 3 is 2.40 bits per heavy atom. The van der Waals surface area contributed by atoms with E-state index in [2.05, 4.69) is 15.5 Å². The quantitative estimate of drug-likeness (QED) is 0.568. The van der Waals surface area contributed by atoms with E-state index in [1.807, 2.05) is 7.05 Å². The minimum absolute atomic E-state index is 0.229. The Labute approximate surface area is 95.4 Å². The standard InChI is InChI=1S/C9H18N4OS/c1-11-8(14)12-9(7(10)15)3-5-13(2)6-4-9/h3-6H2,1-2H3,(H2,10,15)(H2,11,12,14). The van der Waals surface area contributed by atoms with Crippen LogP contribution in [0.4, 0.5) is 4.79 Å². The fraction of sp³-hybridized carbons (Fsp3) is 0.778. The average molecular weight is 230 g/mol. The summed E-state index contributed by atoms with van der Waals surface area (Å²) in [7, 11) is 3.63. The molecule has 5 nitrogen and oxygen atoms in total. The number of thiocarbonyl (C=S) groups is 1. The highest BCUT2D eigenvalue weighted by atomic mass is 32.1. The monoisotopic (exact) mass is 230 g/mol. The lowest BCUT2D eigenvalue weighted by Gasteiger charge is -2.40. The van der Waals surface area contributed by atoms with E-state index in [1.54, 1.807) is 7.05 Å². The van der Waals surface area contributed by atoms with Crippen LogP contribution >= 0.6 is 12.2 Å². The number of nitrogens with one attached hydrogen (secondary N) is 2. The molecule has 1 rings (SSSR count). The van der Waals surface area contributed by atoms with Crippen molar-refractivity contribution in [2.75, 3.05) is 27.2 Å². The number of carbonyl (C=O) groups excluding carboxylic acids is 1. The maximum absolute atomic E-state index is 11.3. The van der Waals surface area contributed by atoms with Gasteiger partial charge in [-0.25, -0.2) is 4.79 Å². The van der Waals surface area contributed by atoms with E-state index in [0.717, 1.165) is 25.9 Å². The topological polar surface area (TPSA) is 70.4 Å². The molecule has 1 heterocycles. The van der Waals surface area contributed by atoms with Crippen LogP contribution in [0.25, 0.3) is 0 Å². The number of nitrogens with two attached hydrogens (primary N) is 1. The molecule has 86 valence electrons. The first kappa shape index (κ1) is 12.2. The van der Waals surface area contributed by atoms with Gasteiger partial charge in [0, 0.05) is 20.1 Å². The Morgan fingerprint density at radius 2 is 2.00 bits per heavy atom. The van der Waals surface area contributed by atoms with Crippen molar-refractivity contribution < 1.29 is 4.79 Å². The molecule has 4 N–H and O–H groups in total. The molecule has 1 aliphatic rings. The van der Waals surface area contributed by atoms with Gasteiger partial charge in [0.05, 0.1) is 10.5 Å². The maximum atomic E-state index is 11.3. The zero-order chi connectivity index (χ0) is 11.5. The van der Waals surface area contributed by atoms with E-state index in [0.29, 0.717) is 4.99 Å². The predicted octanol–water partition coefficient (Wildman–Crippen LogP) is -0.334. The van der Waals surface area contributed by atoms with Gasteiger partial charge < -0.3 is 21.3 Å². The van der Waals surface area contributed by atoms with Gasteiger partial charge in [0.15, 0.2) is 0 Å². The van der Waals surface area contributed by atoms with Crippen molar-refractivity contribution >= 4 is 23.2 Å². The third-order valence-electron chi connectivity index (χ3n) is 2.89. The Bertz CT molecular complexity index is 261. The molecule has 0 aliphatic carbocycles. The second-order valence-electron chi connectivity index (χ2n) is 3.95. The highest BCUT2D eigenvalue weighted by Gasteiger charge is 2.37. The first-order valence-corrected chi connectivity index (χ1v) is 5.39. The maximum Gasteiger partial charge on any atom is 0.315 e. The molecule has 0 unspecified atom stereocenters. The van der Waals surface area contributed by atoms with Crippen molar-refractivity contribution in [2.24, 2.45) is 5.73 Å². The molecule has 0 aromatic heterocycles. The molecular weight excluding hydrogens is 212 g/mol. The molecule has 0 saturated carbocycles. The molecule has 1 fully saturated rings. The third kappa shape index (κ3) is 2.79. The van der Waals surface area contributed by atoms with E-state index in [-0.39, 0.29) is 6.03 Å². The summed E-state index contributed by atoms with van der Waals surface area (Å²) in [4.78, 5) is 13.9. The van der Waals surface area contributed by atoms with Crippen LogP contribution in [0.2, 0.25) is 0 Å². The molecule has 0 aromatic carbocycles. The zero-order valence-corrected chi connectivity index (χ0v) is 9.99. The van der Waals surface area contributed by atoms with Crippen molar-refractivity contribution in [3.63, 3.8) is 0 Å². The second kappa shape index (κ2) is 4.76. The zero-order valence-electron chi connectivity index (χ0n) is 9.17. The average Bonchev–Trinajstić information content (AvgIpc) is 2.21. The summed E-state index contributed by atoms with van der Waals surface area (Å²) in [5.41, 5.74) is 5.21. The predicted molar refractivity (Wildman–Crippen MR) is 63.8 cm³/mol. The number of nitrogens with zero attached hydrogens (tertiary/aromatic N) is 1. The molecule has 1 aliphatic heterocycles. The van der Waals surface area contributed by atoms with Gasteiger partial charge in [-0.2, -0.15) is 0 Å². The van der Waals surface area contributed by atoms with Crippen LogP contribution in [0.5, 0.6) is 0 Å². The number of rotatable bonds is 2.